The molecule has 0 saturated carbocycles. The summed E-state index contributed by atoms with van der Waals surface area (Å²) < 4.78 is 12.2. The molecule has 1 rings (SSSR count). The zero-order chi connectivity index (χ0) is 12.5. The highest BCUT2D eigenvalue weighted by atomic mass is 31.1. The molecular formula is C13H27O2P. The molecule has 0 bridgehead atoms. The second-order valence-corrected chi connectivity index (χ2v) is 8.17. The van der Waals surface area contributed by atoms with Gasteiger partial charge in [-0.3, -0.25) is 0 Å². The highest BCUT2D eigenvalue weighted by molar-refractivity contribution is 7.58. The van der Waals surface area contributed by atoms with E-state index >= 15 is 0 Å². The van der Waals surface area contributed by atoms with Crippen molar-refractivity contribution >= 4 is 7.92 Å². The molecule has 0 amide bonds. The van der Waals surface area contributed by atoms with E-state index in [-0.39, 0.29) is 14.2 Å². The van der Waals surface area contributed by atoms with E-state index in [2.05, 4.69) is 48.2 Å². The molecule has 0 radical (unpaired) electrons. The van der Waals surface area contributed by atoms with Crippen molar-refractivity contribution in [2.75, 3.05) is 6.66 Å². The van der Waals surface area contributed by atoms with Gasteiger partial charge in [0.1, 0.15) is 0 Å². The third-order valence-electron chi connectivity index (χ3n) is 3.03. The van der Waals surface area contributed by atoms with Crippen molar-refractivity contribution in [2.45, 2.75) is 59.5 Å². The zero-order valence-electron chi connectivity index (χ0n) is 11.7. The lowest BCUT2D eigenvalue weighted by molar-refractivity contribution is -0.211. The molecule has 1 saturated heterocycles. The van der Waals surface area contributed by atoms with Gasteiger partial charge in [0.05, 0.1) is 11.7 Å². The number of hydrogen-bond acceptors (Lipinski definition) is 2. The molecule has 1 aliphatic heterocycles. The van der Waals surface area contributed by atoms with Crippen LogP contribution in [0.15, 0.2) is 0 Å². The Morgan fingerprint density at radius 1 is 0.750 bits per heavy atom. The first-order chi connectivity index (χ1) is 7.34. The molecule has 2 unspecified atom stereocenters. The van der Waals surface area contributed by atoms with Crippen molar-refractivity contribution in [1.82, 2.24) is 0 Å². The third kappa shape index (κ3) is 3.18. The fraction of sp³-hybridized carbons (Fsp3) is 1.00. The molecule has 1 aliphatic rings. The van der Waals surface area contributed by atoms with Crippen LogP contribution in [0.2, 0.25) is 0 Å². The number of rotatable bonds is 3. The van der Waals surface area contributed by atoms with Crippen molar-refractivity contribution in [1.29, 1.82) is 0 Å². The average Bonchev–Trinajstić information content (AvgIpc) is 2.16. The molecule has 1 heterocycles. The second-order valence-electron chi connectivity index (χ2n) is 5.82. The Morgan fingerprint density at radius 2 is 1.12 bits per heavy atom. The lowest BCUT2D eigenvalue weighted by Gasteiger charge is -2.45. The van der Waals surface area contributed by atoms with Crippen molar-refractivity contribution in [3.05, 3.63) is 0 Å². The molecular weight excluding hydrogens is 219 g/mol. The van der Waals surface area contributed by atoms with Gasteiger partial charge in [-0.25, -0.2) is 0 Å². The van der Waals surface area contributed by atoms with Crippen LogP contribution in [-0.4, -0.2) is 24.6 Å². The lowest BCUT2D eigenvalue weighted by Crippen LogP contribution is -2.42. The van der Waals surface area contributed by atoms with Gasteiger partial charge in [0.2, 0.25) is 0 Å². The van der Waals surface area contributed by atoms with Crippen LogP contribution in [-0.2, 0) is 9.47 Å². The second kappa shape index (κ2) is 5.80. The van der Waals surface area contributed by atoms with E-state index in [1.165, 1.54) is 0 Å². The molecule has 2 atom stereocenters. The first-order valence-electron chi connectivity index (χ1n) is 6.37. The van der Waals surface area contributed by atoms with Crippen LogP contribution in [0.3, 0.4) is 0 Å². The molecule has 0 N–H and O–H groups in total. The van der Waals surface area contributed by atoms with E-state index in [1.807, 2.05) is 0 Å². The first kappa shape index (κ1) is 14.4. The molecule has 96 valence electrons. The maximum absolute atomic E-state index is 6.11. The summed E-state index contributed by atoms with van der Waals surface area (Å²) in [7, 11) is -0.193. The van der Waals surface area contributed by atoms with E-state index in [1.54, 1.807) is 0 Å². The molecule has 0 aliphatic carbocycles. The van der Waals surface area contributed by atoms with Crippen LogP contribution in [0, 0.1) is 17.8 Å². The minimum absolute atomic E-state index is 0.0153. The minimum Gasteiger partial charge on any atom is -0.344 e. The zero-order valence-corrected chi connectivity index (χ0v) is 12.6. The number of hydrogen-bond donors (Lipinski definition) is 0. The summed E-state index contributed by atoms with van der Waals surface area (Å²) in [6.07, 6.45) is -0.0153. The Bertz CT molecular complexity index is 198. The SMILES string of the molecule is CC(C)C1OC(C(C)C)P(C)C(C(C)C)O1. The van der Waals surface area contributed by atoms with Crippen molar-refractivity contribution in [3.8, 4) is 0 Å². The molecule has 2 nitrogen and oxygen atoms in total. The topological polar surface area (TPSA) is 18.5 Å². The minimum atomic E-state index is -0.193. The smallest absolute Gasteiger partial charge is 0.161 e. The van der Waals surface area contributed by atoms with Crippen LogP contribution in [0.25, 0.3) is 0 Å². The Balaban J connectivity index is 2.80. The van der Waals surface area contributed by atoms with E-state index < -0.39 is 0 Å². The quantitative estimate of drug-likeness (QED) is 0.698. The summed E-state index contributed by atoms with van der Waals surface area (Å²) >= 11 is 0. The Hall–Kier alpha value is 0.350. The van der Waals surface area contributed by atoms with Gasteiger partial charge in [0.15, 0.2) is 6.29 Å². The van der Waals surface area contributed by atoms with Gasteiger partial charge in [0.25, 0.3) is 0 Å². The largest absolute Gasteiger partial charge is 0.344 e. The van der Waals surface area contributed by atoms with Crippen LogP contribution >= 0.6 is 7.92 Å². The Kier molecular flexibility index (Phi) is 5.22. The van der Waals surface area contributed by atoms with Gasteiger partial charge < -0.3 is 9.47 Å². The number of ether oxygens (including phenoxy) is 2. The van der Waals surface area contributed by atoms with E-state index in [0.29, 0.717) is 29.4 Å². The average molecular weight is 246 g/mol. The summed E-state index contributed by atoms with van der Waals surface area (Å²) in [5.74, 6) is 2.39. The molecule has 0 aromatic carbocycles. The monoisotopic (exact) mass is 246 g/mol. The third-order valence-corrected chi connectivity index (χ3v) is 6.08. The van der Waals surface area contributed by atoms with E-state index in [9.17, 15) is 0 Å². The maximum atomic E-state index is 6.11. The lowest BCUT2D eigenvalue weighted by atomic mass is 10.2. The molecule has 1 fully saturated rings. The van der Waals surface area contributed by atoms with Crippen LogP contribution in [0.5, 0.6) is 0 Å². The van der Waals surface area contributed by atoms with E-state index in [0.717, 1.165) is 0 Å². The highest BCUT2D eigenvalue weighted by Crippen LogP contribution is 2.54. The standard InChI is InChI=1S/C13H27O2P/c1-8(2)11-14-12(9(3)4)16(7)13(15-11)10(5)6/h8-13H,1-7H3. The predicted octanol–water partition coefficient (Wildman–Crippen LogP) is 4.09. The van der Waals surface area contributed by atoms with E-state index in [4.69, 9.17) is 9.47 Å². The summed E-state index contributed by atoms with van der Waals surface area (Å²) in [4.78, 5) is 0. The van der Waals surface area contributed by atoms with Crippen LogP contribution in [0.1, 0.15) is 41.5 Å². The van der Waals surface area contributed by atoms with Gasteiger partial charge in [-0.05, 0) is 26.4 Å². The van der Waals surface area contributed by atoms with Gasteiger partial charge in [-0.15, -0.1) is 0 Å². The van der Waals surface area contributed by atoms with Crippen molar-refractivity contribution in [2.24, 2.45) is 17.8 Å². The van der Waals surface area contributed by atoms with Crippen LogP contribution in [0.4, 0.5) is 0 Å². The van der Waals surface area contributed by atoms with Crippen LogP contribution < -0.4 is 0 Å². The molecule has 16 heavy (non-hydrogen) atoms. The summed E-state index contributed by atoms with van der Waals surface area (Å²) in [5.41, 5.74) is 0. The molecule has 0 aromatic rings. The van der Waals surface area contributed by atoms with Crippen molar-refractivity contribution < 1.29 is 9.47 Å². The highest BCUT2D eigenvalue weighted by Gasteiger charge is 2.40. The normalized spacial score (nSPS) is 36.4. The fourth-order valence-corrected chi connectivity index (χ4v) is 5.01. The van der Waals surface area contributed by atoms with Gasteiger partial charge in [0, 0.05) is 5.92 Å². The predicted molar refractivity (Wildman–Crippen MR) is 70.9 cm³/mol. The molecule has 0 spiro atoms. The van der Waals surface area contributed by atoms with Gasteiger partial charge in [-0.2, -0.15) is 0 Å². The van der Waals surface area contributed by atoms with Gasteiger partial charge >= 0.3 is 0 Å². The summed E-state index contributed by atoms with van der Waals surface area (Å²) in [5, 5.41) is 0. The summed E-state index contributed by atoms with van der Waals surface area (Å²) in [6.45, 7) is 15.7. The Morgan fingerprint density at radius 3 is 1.38 bits per heavy atom. The summed E-state index contributed by atoms with van der Waals surface area (Å²) in [6, 6.07) is 0. The fourth-order valence-electron chi connectivity index (χ4n) is 2.21. The van der Waals surface area contributed by atoms with Gasteiger partial charge in [-0.1, -0.05) is 41.5 Å². The molecule has 3 heteroatoms. The van der Waals surface area contributed by atoms with Crippen molar-refractivity contribution in [3.63, 3.8) is 0 Å². The first-order valence-corrected chi connectivity index (χ1v) is 8.30. The maximum Gasteiger partial charge on any atom is 0.161 e. The molecule has 0 aromatic heterocycles. The Labute approximate surface area is 102 Å².